The first kappa shape index (κ1) is 13.0. The van der Waals surface area contributed by atoms with Gasteiger partial charge in [0.25, 0.3) is 16.4 Å². The third-order valence-electron chi connectivity index (χ3n) is 2.31. The van der Waals surface area contributed by atoms with Gasteiger partial charge in [0.15, 0.2) is 5.76 Å². The van der Waals surface area contributed by atoms with Gasteiger partial charge in [0.05, 0.1) is 6.61 Å². The van der Waals surface area contributed by atoms with Crippen molar-refractivity contribution >= 4 is 16.0 Å². The highest BCUT2D eigenvalue weighted by atomic mass is 32.2. The molecule has 0 saturated carbocycles. The Labute approximate surface area is 101 Å². The molecular formula is C9H9F2NO5S. The number of hydrogen-bond donors (Lipinski definition) is 1. The Morgan fingerprint density at radius 2 is 2.11 bits per heavy atom. The maximum Gasteiger partial charge on any atom is 0.324 e. The highest BCUT2D eigenvalue weighted by molar-refractivity contribution is 7.89. The normalized spacial score (nSPS) is 20.4. The second-order valence-electron chi connectivity index (χ2n) is 3.59. The van der Waals surface area contributed by atoms with Crippen molar-refractivity contribution in [2.45, 2.75) is 24.0 Å². The van der Waals surface area contributed by atoms with E-state index in [4.69, 9.17) is 0 Å². The molecule has 0 aliphatic carbocycles. The fourth-order valence-electron chi connectivity index (χ4n) is 1.44. The van der Waals surface area contributed by atoms with Crippen molar-refractivity contribution in [3.05, 3.63) is 17.9 Å². The SMILES string of the molecule is O=C1OCC[C@@H]1NS(=O)(=O)c1ccc(C(F)F)o1. The van der Waals surface area contributed by atoms with Gasteiger partial charge in [0.1, 0.15) is 6.04 Å². The van der Waals surface area contributed by atoms with Crippen LogP contribution in [0.5, 0.6) is 0 Å². The van der Waals surface area contributed by atoms with E-state index in [-0.39, 0.29) is 13.0 Å². The van der Waals surface area contributed by atoms with Crippen LogP contribution in [-0.2, 0) is 19.6 Å². The lowest BCUT2D eigenvalue weighted by molar-refractivity contribution is -0.139. The molecule has 1 N–H and O–H groups in total. The van der Waals surface area contributed by atoms with Gasteiger partial charge in [-0.2, -0.15) is 4.72 Å². The molecule has 0 radical (unpaired) electrons. The quantitative estimate of drug-likeness (QED) is 0.825. The van der Waals surface area contributed by atoms with E-state index in [0.717, 1.165) is 12.1 Å². The van der Waals surface area contributed by atoms with Crippen molar-refractivity contribution < 1.29 is 31.1 Å². The molecule has 9 heteroatoms. The fourth-order valence-corrected chi connectivity index (χ4v) is 2.60. The summed E-state index contributed by atoms with van der Waals surface area (Å²) in [5, 5.41) is -0.655. The monoisotopic (exact) mass is 281 g/mol. The van der Waals surface area contributed by atoms with Crippen LogP contribution in [0.2, 0.25) is 0 Å². The summed E-state index contributed by atoms with van der Waals surface area (Å²) in [5.74, 6) is -1.44. The summed E-state index contributed by atoms with van der Waals surface area (Å²) in [6.45, 7) is 0.118. The van der Waals surface area contributed by atoms with Gasteiger partial charge in [-0.1, -0.05) is 0 Å². The Kier molecular flexibility index (Phi) is 3.35. The molecule has 1 aliphatic rings. The summed E-state index contributed by atoms with van der Waals surface area (Å²) in [6, 6.07) is 0.770. The Bertz CT molecular complexity index is 553. The third kappa shape index (κ3) is 2.51. The van der Waals surface area contributed by atoms with Gasteiger partial charge in [0.2, 0.25) is 5.09 Å². The van der Waals surface area contributed by atoms with Crippen molar-refractivity contribution in [2.75, 3.05) is 6.61 Å². The van der Waals surface area contributed by atoms with Crippen molar-refractivity contribution in [3.8, 4) is 0 Å². The van der Waals surface area contributed by atoms with E-state index in [1.807, 2.05) is 4.72 Å². The van der Waals surface area contributed by atoms with Gasteiger partial charge in [-0.05, 0) is 12.1 Å². The number of furan rings is 1. The molecule has 0 unspecified atom stereocenters. The molecular weight excluding hydrogens is 272 g/mol. The number of esters is 1. The van der Waals surface area contributed by atoms with E-state index in [1.165, 1.54) is 0 Å². The predicted molar refractivity (Wildman–Crippen MR) is 53.4 cm³/mol. The Hall–Kier alpha value is -1.48. The lowest BCUT2D eigenvalue weighted by Gasteiger charge is -2.07. The second-order valence-corrected chi connectivity index (χ2v) is 5.23. The van der Waals surface area contributed by atoms with E-state index in [0.29, 0.717) is 0 Å². The molecule has 6 nitrogen and oxygen atoms in total. The molecule has 0 spiro atoms. The van der Waals surface area contributed by atoms with E-state index < -0.39 is 39.3 Å². The third-order valence-corrected chi connectivity index (χ3v) is 3.66. The lowest BCUT2D eigenvalue weighted by Crippen LogP contribution is -2.37. The molecule has 1 aliphatic heterocycles. The smallest absolute Gasteiger partial charge is 0.324 e. The maximum absolute atomic E-state index is 12.3. The molecule has 1 saturated heterocycles. The molecule has 0 aromatic carbocycles. The first-order valence-corrected chi connectivity index (χ1v) is 6.45. The minimum absolute atomic E-state index is 0.118. The first-order valence-electron chi connectivity index (χ1n) is 4.97. The molecule has 0 bridgehead atoms. The summed E-state index contributed by atoms with van der Waals surface area (Å²) in [6.07, 6.45) is -2.70. The average Bonchev–Trinajstić information content (AvgIpc) is 2.88. The van der Waals surface area contributed by atoms with Crippen LogP contribution in [0, 0.1) is 0 Å². The van der Waals surface area contributed by atoms with Crippen LogP contribution in [0.1, 0.15) is 18.6 Å². The van der Waals surface area contributed by atoms with Gasteiger partial charge in [-0.15, -0.1) is 0 Å². The highest BCUT2D eigenvalue weighted by Crippen LogP contribution is 2.24. The number of alkyl halides is 2. The van der Waals surface area contributed by atoms with E-state index in [9.17, 15) is 22.0 Å². The van der Waals surface area contributed by atoms with Crippen molar-refractivity contribution in [2.24, 2.45) is 0 Å². The van der Waals surface area contributed by atoms with Gasteiger partial charge in [-0.3, -0.25) is 4.79 Å². The first-order chi connectivity index (χ1) is 8.40. The zero-order chi connectivity index (χ0) is 13.3. The topological polar surface area (TPSA) is 85.6 Å². The van der Waals surface area contributed by atoms with Gasteiger partial charge in [0, 0.05) is 6.42 Å². The number of halogens is 2. The van der Waals surface area contributed by atoms with E-state index in [1.54, 1.807) is 0 Å². The number of hydrogen-bond acceptors (Lipinski definition) is 5. The van der Waals surface area contributed by atoms with Crippen LogP contribution < -0.4 is 4.72 Å². The summed E-state index contributed by atoms with van der Waals surface area (Å²) < 4.78 is 59.0. The van der Waals surface area contributed by atoms with Crippen molar-refractivity contribution in [3.63, 3.8) is 0 Å². The number of cyclic esters (lactones) is 1. The summed E-state index contributed by atoms with van der Waals surface area (Å²) >= 11 is 0. The largest absolute Gasteiger partial charge is 0.464 e. The van der Waals surface area contributed by atoms with Gasteiger partial charge < -0.3 is 9.15 Å². The van der Waals surface area contributed by atoms with Crippen LogP contribution in [0.4, 0.5) is 8.78 Å². The van der Waals surface area contributed by atoms with Gasteiger partial charge >= 0.3 is 5.97 Å². The number of carbonyl (C=O) groups is 1. The van der Waals surface area contributed by atoms with Crippen LogP contribution in [-0.4, -0.2) is 27.0 Å². The lowest BCUT2D eigenvalue weighted by atomic mass is 10.3. The predicted octanol–water partition coefficient (Wildman–Crippen LogP) is 0.811. The number of nitrogens with one attached hydrogen (secondary N) is 1. The van der Waals surface area contributed by atoms with Crippen molar-refractivity contribution in [1.82, 2.24) is 4.72 Å². The minimum Gasteiger partial charge on any atom is -0.464 e. The fraction of sp³-hybridized carbons (Fsp3) is 0.444. The van der Waals surface area contributed by atoms with Crippen LogP contribution in [0.15, 0.2) is 21.6 Å². The Morgan fingerprint density at radius 3 is 2.61 bits per heavy atom. The average molecular weight is 281 g/mol. The molecule has 100 valence electrons. The van der Waals surface area contributed by atoms with Gasteiger partial charge in [-0.25, -0.2) is 17.2 Å². The Morgan fingerprint density at radius 1 is 1.39 bits per heavy atom. The highest BCUT2D eigenvalue weighted by Gasteiger charge is 2.33. The summed E-state index contributed by atoms with van der Waals surface area (Å²) in [7, 11) is -4.14. The van der Waals surface area contributed by atoms with E-state index >= 15 is 0 Å². The number of carbonyl (C=O) groups excluding carboxylic acids is 1. The van der Waals surface area contributed by atoms with E-state index in [2.05, 4.69) is 9.15 Å². The second kappa shape index (κ2) is 4.65. The number of rotatable bonds is 4. The van der Waals surface area contributed by atoms with Crippen molar-refractivity contribution in [1.29, 1.82) is 0 Å². The summed E-state index contributed by atoms with van der Waals surface area (Å²) in [4.78, 5) is 11.1. The zero-order valence-corrected chi connectivity index (χ0v) is 9.75. The molecule has 1 aromatic rings. The number of sulfonamides is 1. The number of ether oxygens (including phenoxy) is 1. The molecule has 18 heavy (non-hydrogen) atoms. The van der Waals surface area contributed by atoms with Crippen LogP contribution >= 0.6 is 0 Å². The molecule has 0 amide bonds. The minimum atomic E-state index is -4.14. The van der Waals surface area contributed by atoms with Crippen LogP contribution in [0.3, 0.4) is 0 Å². The zero-order valence-electron chi connectivity index (χ0n) is 8.93. The standard InChI is InChI=1S/C9H9F2NO5S/c10-8(11)6-1-2-7(17-6)18(14,15)12-5-3-4-16-9(5)13/h1-2,5,8,12H,3-4H2/t5-/m0/s1. The summed E-state index contributed by atoms with van der Waals surface area (Å²) in [5.41, 5.74) is 0. The van der Waals surface area contributed by atoms with Crippen LogP contribution in [0.25, 0.3) is 0 Å². The molecule has 1 aromatic heterocycles. The molecule has 2 rings (SSSR count). The molecule has 1 atom stereocenters. The molecule has 2 heterocycles. The Balaban J connectivity index is 2.17. The molecule has 1 fully saturated rings. The maximum atomic E-state index is 12.3.